The summed E-state index contributed by atoms with van der Waals surface area (Å²) in [5.74, 6) is 0.419. The van der Waals surface area contributed by atoms with E-state index in [2.05, 4.69) is 15.5 Å². The fraction of sp³-hybridized carbons (Fsp3) is 0.286. The van der Waals surface area contributed by atoms with E-state index in [0.717, 1.165) is 24.2 Å². The van der Waals surface area contributed by atoms with Crippen LogP contribution in [0.3, 0.4) is 0 Å². The van der Waals surface area contributed by atoms with Gasteiger partial charge in [0.15, 0.2) is 5.69 Å². The highest BCUT2D eigenvalue weighted by Crippen LogP contribution is 2.30. The standard InChI is InChI=1S/C21H21N3O3/c1-13-17(11-6-12-18(13)27-14-7-2-3-8-14)22-21(26)19-15-9-4-5-10-16(15)20(25)24-23-19/h4-6,9-12,14H,2-3,7-8H2,1H3,(H,22,26)(H,24,25). The van der Waals surface area contributed by atoms with Crippen molar-refractivity contribution in [3.05, 3.63) is 64.1 Å². The Kier molecular flexibility index (Phi) is 4.62. The number of nitrogens with zero attached hydrogens (tertiary/aromatic N) is 1. The lowest BCUT2D eigenvalue weighted by Crippen LogP contribution is -2.20. The van der Waals surface area contributed by atoms with Crippen LogP contribution in [0.25, 0.3) is 10.8 Å². The Bertz CT molecular complexity index is 1050. The van der Waals surface area contributed by atoms with Crippen molar-refractivity contribution in [1.29, 1.82) is 0 Å². The zero-order valence-corrected chi connectivity index (χ0v) is 15.1. The first kappa shape index (κ1) is 17.3. The number of amides is 1. The van der Waals surface area contributed by atoms with E-state index in [1.807, 2.05) is 25.1 Å². The molecule has 27 heavy (non-hydrogen) atoms. The number of ether oxygens (including phenoxy) is 1. The van der Waals surface area contributed by atoms with Crippen molar-refractivity contribution in [1.82, 2.24) is 10.2 Å². The van der Waals surface area contributed by atoms with Crippen LogP contribution in [0.5, 0.6) is 5.75 Å². The molecule has 1 fully saturated rings. The number of anilines is 1. The number of hydrogen-bond acceptors (Lipinski definition) is 4. The molecule has 0 spiro atoms. The Morgan fingerprint density at radius 3 is 2.63 bits per heavy atom. The second kappa shape index (κ2) is 7.23. The van der Waals surface area contributed by atoms with E-state index in [9.17, 15) is 9.59 Å². The van der Waals surface area contributed by atoms with Gasteiger partial charge >= 0.3 is 0 Å². The summed E-state index contributed by atoms with van der Waals surface area (Å²) >= 11 is 0. The Balaban J connectivity index is 1.62. The second-order valence-electron chi connectivity index (χ2n) is 6.85. The second-order valence-corrected chi connectivity index (χ2v) is 6.85. The zero-order valence-electron chi connectivity index (χ0n) is 15.1. The molecule has 0 saturated heterocycles. The lowest BCUT2D eigenvalue weighted by Gasteiger charge is -2.17. The van der Waals surface area contributed by atoms with Crippen molar-refractivity contribution in [3.63, 3.8) is 0 Å². The SMILES string of the molecule is Cc1c(NC(=O)c2n[nH]c(=O)c3ccccc23)cccc1OC1CCCC1. The predicted molar refractivity (Wildman–Crippen MR) is 104 cm³/mol. The lowest BCUT2D eigenvalue weighted by molar-refractivity contribution is 0.102. The molecule has 0 aliphatic heterocycles. The minimum absolute atomic E-state index is 0.187. The molecule has 1 aliphatic rings. The fourth-order valence-electron chi connectivity index (χ4n) is 3.53. The summed E-state index contributed by atoms with van der Waals surface area (Å²) in [4.78, 5) is 24.7. The summed E-state index contributed by atoms with van der Waals surface area (Å²) in [5, 5.41) is 10.2. The van der Waals surface area contributed by atoms with Crippen molar-refractivity contribution in [2.45, 2.75) is 38.7 Å². The molecular weight excluding hydrogens is 342 g/mol. The molecule has 0 atom stereocenters. The molecule has 1 aliphatic carbocycles. The van der Waals surface area contributed by atoms with Crippen LogP contribution in [0.2, 0.25) is 0 Å². The smallest absolute Gasteiger partial charge is 0.276 e. The highest BCUT2D eigenvalue weighted by molar-refractivity contribution is 6.11. The number of hydrogen-bond donors (Lipinski definition) is 2. The molecule has 1 heterocycles. The number of carbonyl (C=O) groups excluding carboxylic acids is 1. The molecule has 4 rings (SSSR count). The van der Waals surface area contributed by atoms with Gasteiger partial charge in [-0.15, -0.1) is 0 Å². The number of aromatic amines is 1. The highest BCUT2D eigenvalue weighted by atomic mass is 16.5. The molecule has 0 bridgehead atoms. The van der Waals surface area contributed by atoms with Crippen LogP contribution >= 0.6 is 0 Å². The van der Waals surface area contributed by atoms with Crippen molar-refractivity contribution in [3.8, 4) is 5.75 Å². The van der Waals surface area contributed by atoms with E-state index >= 15 is 0 Å². The summed E-state index contributed by atoms with van der Waals surface area (Å²) in [6.07, 6.45) is 4.79. The molecular formula is C21H21N3O3. The Labute approximate surface area is 156 Å². The number of carbonyl (C=O) groups is 1. The Hall–Kier alpha value is -3.15. The largest absolute Gasteiger partial charge is 0.490 e. The first-order chi connectivity index (χ1) is 13.1. The van der Waals surface area contributed by atoms with Gasteiger partial charge in [0.1, 0.15) is 5.75 Å². The molecule has 138 valence electrons. The summed E-state index contributed by atoms with van der Waals surface area (Å²) < 4.78 is 6.11. The highest BCUT2D eigenvalue weighted by Gasteiger charge is 2.19. The number of fused-ring (bicyclic) bond motifs is 1. The first-order valence-electron chi connectivity index (χ1n) is 9.18. The van der Waals surface area contributed by atoms with E-state index in [4.69, 9.17) is 4.74 Å². The lowest BCUT2D eigenvalue weighted by atomic mass is 10.1. The van der Waals surface area contributed by atoms with E-state index in [0.29, 0.717) is 16.5 Å². The van der Waals surface area contributed by atoms with Crippen LogP contribution < -0.4 is 15.6 Å². The summed E-state index contributed by atoms with van der Waals surface area (Å²) in [5.41, 5.74) is 1.43. The van der Waals surface area contributed by atoms with Gasteiger partial charge in [0, 0.05) is 16.6 Å². The third kappa shape index (κ3) is 3.43. The number of H-pyrrole nitrogens is 1. The maximum absolute atomic E-state index is 12.8. The minimum atomic E-state index is -0.372. The van der Waals surface area contributed by atoms with Crippen molar-refractivity contribution < 1.29 is 9.53 Å². The van der Waals surface area contributed by atoms with Gasteiger partial charge in [0.2, 0.25) is 0 Å². The van der Waals surface area contributed by atoms with Gasteiger partial charge in [-0.3, -0.25) is 9.59 Å². The molecule has 2 aromatic carbocycles. The maximum atomic E-state index is 12.8. The zero-order chi connectivity index (χ0) is 18.8. The van der Waals surface area contributed by atoms with E-state index in [1.54, 1.807) is 24.3 Å². The van der Waals surface area contributed by atoms with Gasteiger partial charge in [-0.05, 0) is 50.8 Å². The molecule has 0 radical (unpaired) electrons. The van der Waals surface area contributed by atoms with Crippen LogP contribution in [0.4, 0.5) is 5.69 Å². The van der Waals surface area contributed by atoms with Gasteiger partial charge in [-0.1, -0.05) is 24.3 Å². The number of benzene rings is 2. The maximum Gasteiger partial charge on any atom is 0.276 e. The van der Waals surface area contributed by atoms with E-state index in [1.165, 1.54) is 12.8 Å². The Morgan fingerprint density at radius 2 is 1.85 bits per heavy atom. The van der Waals surface area contributed by atoms with Gasteiger partial charge in [0.25, 0.3) is 11.5 Å². The summed E-state index contributed by atoms with van der Waals surface area (Å²) in [6, 6.07) is 12.6. The van der Waals surface area contributed by atoms with Crippen LogP contribution in [-0.2, 0) is 0 Å². The minimum Gasteiger partial charge on any atom is -0.490 e. The number of aromatic nitrogens is 2. The quantitative estimate of drug-likeness (QED) is 0.738. The van der Waals surface area contributed by atoms with Crippen LogP contribution in [-0.4, -0.2) is 22.2 Å². The molecule has 1 aromatic heterocycles. The van der Waals surface area contributed by atoms with Crippen LogP contribution in [0, 0.1) is 6.92 Å². The van der Waals surface area contributed by atoms with Crippen LogP contribution in [0.1, 0.15) is 41.7 Å². The van der Waals surface area contributed by atoms with Crippen molar-refractivity contribution >= 4 is 22.4 Å². The average molecular weight is 363 g/mol. The topological polar surface area (TPSA) is 84.1 Å². The van der Waals surface area contributed by atoms with Gasteiger partial charge < -0.3 is 10.1 Å². The third-order valence-electron chi connectivity index (χ3n) is 5.04. The molecule has 2 N–H and O–H groups in total. The van der Waals surface area contributed by atoms with Crippen molar-refractivity contribution in [2.24, 2.45) is 0 Å². The van der Waals surface area contributed by atoms with E-state index in [-0.39, 0.29) is 23.3 Å². The molecule has 6 nitrogen and oxygen atoms in total. The van der Waals surface area contributed by atoms with E-state index < -0.39 is 0 Å². The first-order valence-corrected chi connectivity index (χ1v) is 9.18. The molecule has 1 amide bonds. The molecule has 1 saturated carbocycles. The summed E-state index contributed by atoms with van der Waals surface area (Å²) in [6.45, 7) is 1.93. The monoisotopic (exact) mass is 363 g/mol. The molecule has 6 heteroatoms. The molecule has 0 unspecified atom stereocenters. The third-order valence-corrected chi connectivity index (χ3v) is 5.04. The average Bonchev–Trinajstić information content (AvgIpc) is 3.18. The van der Waals surface area contributed by atoms with Gasteiger partial charge in [-0.25, -0.2) is 5.10 Å². The summed E-state index contributed by atoms with van der Waals surface area (Å²) in [7, 11) is 0. The fourth-order valence-corrected chi connectivity index (χ4v) is 3.53. The van der Waals surface area contributed by atoms with Gasteiger partial charge in [-0.2, -0.15) is 5.10 Å². The number of nitrogens with one attached hydrogen (secondary N) is 2. The van der Waals surface area contributed by atoms with Crippen molar-refractivity contribution in [2.75, 3.05) is 5.32 Å². The van der Waals surface area contributed by atoms with Crippen LogP contribution in [0.15, 0.2) is 47.3 Å². The normalized spacial score (nSPS) is 14.4. The number of rotatable bonds is 4. The molecule has 3 aromatic rings. The Morgan fingerprint density at radius 1 is 1.11 bits per heavy atom. The predicted octanol–water partition coefficient (Wildman–Crippen LogP) is 3.81. The van der Waals surface area contributed by atoms with Gasteiger partial charge in [0.05, 0.1) is 11.5 Å².